The van der Waals surface area contributed by atoms with Crippen LogP contribution in [0, 0.1) is 6.92 Å². The standard InChI is InChI=1S/C12H10BrClN2O2S/c1-8-5-9(13)7-10(6-8)16-19(17,18)11-3-2-4-15-12(11)14/h2-7,16H,1H3. The summed E-state index contributed by atoms with van der Waals surface area (Å²) in [5.74, 6) is 0. The van der Waals surface area contributed by atoms with Crippen LogP contribution in [0.4, 0.5) is 5.69 Å². The molecule has 2 aromatic rings. The van der Waals surface area contributed by atoms with E-state index in [9.17, 15) is 8.42 Å². The first-order valence-electron chi connectivity index (χ1n) is 5.29. The number of hydrogen-bond acceptors (Lipinski definition) is 3. The monoisotopic (exact) mass is 360 g/mol. The van der Waals surface area contributed by atoms with Crippen LogP contribution in [0.3, 0.4) is 0 Å². The second-order valence-corrected chi connectivity index (χ2v) is 6.84. The van der Waals surface area contributed by atoms with Crippen molar-refractivity contribution in [2.24, 2.45) is 0 Å². The highest BCUT2D eigenvalue weighted by atomic mass is 79.9. The third kappa shape index (κ3) is 3.46. The van der Waals surface area contributed by atoms with Crippen LogP contribution in [0.15, 0.2) is 45.9 Å². The fraction of sp³-hybridized carbons (Fsp3) is 0.0833. The summed E-state index contributed by atoms with van der Waals surface area (Å²) in [4.78, 5) is 3.71. The number of nitrogens with zero attached hydrogens (tertiary/aromatic N) is 1. The molecule has 19 heavy (non-hydrogen) atoms. The summed E-state index contributed by atoms with van der Waals surface area (Å²) in [5.41, 5.74) is 1.40. The molecular formula is C12H10BrClN2O2S. The Labute approximate surface area is 125 Å². The summed E-state index contributed by atoms with van der Waals surface area (Å²) < 4.78 is 27.7. The number of anilines is 1. The zero-order valence-electron chi connectivity index (χ0n) is 9.89. The van der Waals surface area contributed by atoms with Crippen molar-refractivity contribution in [3.05, 3.63) is 51.7 Å². The lowest BCUT2D eigenvalue weighted by molar-refractivity contribution is 0.601. The van der Waals surface area contributed by atoms with Gasteiger partial charge in [-0.3, -0.25) is 4.72 Å². The lowest BCUT2D eigenvalue weighted by Crippen LogP contribution is -2.14. The van der Waals surface area contributed by atoms with E-state index in [1.165, 1.54) is 18.3 Å². The van der Waals surface area contributed by atoms with E-state index in [-0.39, 0.29) is 10.0 Å². The van der Waals surface area contributed by atoms with Crippen LogP contribution in [0.5, 0.6) is 0 Å². The van der Waals surface area contributed by atoms with Gasteiger partial charge in [-0.15, -0.1) is 0 Å². The highest BCUT2D eigenvalue weighted by Crippen LogP contribution is 2.24. The highest BCUT2D eigenvalue weighted by molar-refractivity contribution is 9.10. The van der Waals surface area contributed by atoms with Crippen LogP contribution >= 0.6 is 27.5 Å². The van der Waals surface area contributed by atoms with E-state index >= 15 is 0 Å². The topological polar surface area (TPSA) is 59.1 Å². The SMILES string of the molecule is Cc1cc(Br)cc(NS(=O)(=O)c2cccnc2Cl)c1. The van der Waals surface area contributed by atoms with Crippen LogP contribution in [-0.4, -0.2) is 13.4 Å². The molecule has 1 aromatic heterocycles. The van der Waals surface area contributed by atoms with Crippen molar-refractivity contribution in [3.63, 3.8) is 0 Å². The molecule has 0 radical (unpaired) electrons. The lowest BCUT2D eigenvalue weighted by atomic mass is 10.2. The van der Waals surface area contributed by atoms with Crippen LogP contribution in [0.1, 0.15) is 5.56 Å². The molecule has 0 saturated carbocycles. The van der Waals surface area contributed by atoms with Crippen molar-refractivity contribution < 1.29 is 8.42 Å². The first kappa shape index (κ1) is 14.3. The summed E-state index contributed by atoms with van der Waals surface area (Å²) in [6.07, 6.45) is 1.44. The van der Waals surface area contributed by atoms with Crippen LogP contribution < -0.4 is 4.72 Å². The van der Waals surface area contributed by atoms with Gasteiger partial charge in [0.25, 0.3) is 10.0 Å². The van der Waals surface area contributed by atoms with Crippen molar-refractivity contribution in [2.75, 3.05) is 4.72 Å². The minimum atomic E-state index is -3.74. The molecule has 4 nitrogen and oxygen atoms in total. The summed E-state index contributed by atoms with van der Waals surface area (Å²) in [6, 6.07) is 8.21. The third-order valence-electron chi connectivity index (χ3n) is 2.31. The number of aryl methyl sites for hydroxylation is 1. The second kappa shape index (κ2) is 5.48. The van der Waals surface area contributed by atoms with Gasteiger partial charge in [-0.2, -0.15) is 0 Å². The Hall–Kier alpha value is -1.11. The number of nitrogens with one attached hydrogen (secondary N) is 1. The molecule has 7 heteroatoms. The predicted molar refractivity (Wildman–Crippen MR) is 78.9 cm³/mol. The van der Waals surface area contributed by atoms with E-state index in [4.69, 9.17) is 11.6 Å². The van der Waals surface area contributed by atoms with Gasteiger partial charge >= 0.3 is 0 Å². The summed E-state index contributed by atoms with van der Waals surface area (Å²) in [7, 11) is -3.74. The highest BCUT2D eigenvalue weighted by Gasteiger charge is 2.18. The summed E-state index contributed by atoms with van der Waals surface area (Å²) >= 11 is 9.12. The van der Waals surface area contributed by atoms with Gasteiger partial charge in [0.1, 0.15) is 10.0 Å². The molecule has 0 spiro atoms. The molecule has 0 aliphatic heterocycles. The molecule has 0 fully saturated rings. The molecule has 0 aliphatic carbocycles. The van der Waals surface area contributed by atoms with E-state index < -0.39 is 10.0 Å². The van der Waals surface area contributed by atoms with Crippen molar-refractivity contribution in [3.8, 4) is 0 Å². The van der Waals surface area contributed by atoms with Crippen molar-refractivity contribution in [1.29, 1.82) is 0 Å². The summed E-state index contributed by atoms with van der Waals surface area (Å²) in [5, 5.41) is -0.0540. The maximum absolute atomic E-state index is 12.2. The number of rotatable bonds is 3. The molecule has 0 aliphatic rings. The predicted octanol–water partition coefficient (Wildman–Crippen LogP) is 3.61. The molecular weight excluding hydrogens is 352 g/mol. The smallest absolute Gasteiger partial charge is 0.264 e. The lowest BCUT2D eigenvalue weighted by Gasteiger charge is -2.10. The fourth-order valence-corrected chi connectivity index (χ4v) is 3.68. The third-order valence-corrected chi connectivity index (χ3v) is 4.59. The normalized spacial score (nSPS) is 11.3. The average molecular weight is 362 g/mol. The van der Waals surface area contributed by atoms with E-state index in [1.807, 2.05) is 13.0 Å². The molecule has 0 bridgehead atoms. The van der Waals surface area contributed by atoms with Crippen LogP contribution in [0.2, 0.25) is 5.15 Å². The Morgan fingerprint density at radius 3 is 2.68 bits per heavy atom. The Kier molecular flexibility index (Phi) is 4.13. The number of sulfonamides is 1. The van der Waals surface area contributed by atoms with E-state index in [2.05, 4.69) is 25.6 Å². The molecule has 1 heterocycles. The molecule has 0 unspecified atom stereocenters. The van der Waals surface area contributed by atoms with E-state index in [0.717, 1.165) is 10.0 Å². The fourth-order valence-electron chi connectivity index (χ4n) is 1.58. The maximum atomic E-state index is 12.2. The maximum Gasteiger partial charge on any atom is 0.264 e. The van der Waals surface area contributed by atoms with Crippen molar-refractivity contribution >= 4 is 43.2 Å². The Bertz CT molecular complexity index is 699. The molecule has 0 atom stereocenters. The zero-order chi connectivity index (χ0) is 14.0. The van der Waals surface area contributed by atoms with Crippen molar-refractivity contribution in [1.82, 2.24) is 4.98 Å². The number of aromatic nitrogens is 1. The summed E-state index contributed by atoms with van der Waals surface area (Å²) in [6.45, 7) is 1.87. The van der Waals surface area contributed by atoms with Gasteiger partial charge in [0.15, 0.2) is 0 Å². The molecule has 100 valence electrons. The quantitative estimate of drug-likeness (QED) is 0.850. The Balaban J connectivity index is 2.39. The van der Waals surface area contributed by atoms with Gasteiger partial charge in [-0.1, -0.05) is 27.5 Å². The molecule has 1 N–H and O–H groups in total. The van der Waals surface area contributed by atoms with Crippen molar-refractivity contribution in [2.45, 2.75) is 11.8 Å². The first-order valence-corrected chi connectivity index (χ1v) is 7.94. The molecule has 2 rings (SSSR count). The van der Waals surface area contributed by atoms with E-state index in [0.29, 0.717) is 5.69 Å². The molecule has 1 aromatic carbocycles. The van der Waals surface area contributed by atoms with Crippen LogP contribution in [0.25, 0.3) is 0 Å². The second-order valence-electron chi connectivity index (χ2n) is 3.92. The van der Waals surface area contributed by atoms with Gasteiger partial charge < -0.3 is 0 Å². The van der Waals surface area contributed by atoms with Gasteiger partial charge in [0.05, 0.1) is 5.69 Å². The molecule has 0 amide bonds. The van der Waals surface area contributed by atoms with Crippen LogP contribution in [-0.2, 0) is 10.0 Å². The number of halogens is 2. The largest absolute Gasteiger partial charge is 0.279 e. The minimum absolute atomic E-state index is 0.0469. The number of benzene rings is 1. The Morgan fingerprint density at radius 2 is 2.05 bits per heavy atom. The number of pyridine rings is 1. The van der Waals surface area contributed by atoms with Gasteiger partial charge in [0, 0.05) is 10.7 Å². The van der Waals surface area contributed by atoms with E-state index in [1.54, 1.807) is 12.1 Å². The van der Waals surface area contributed by atoms with Gasteiger partial charge in [-0.25, -0.2) is 13.4 Å². The van der Waals surface area contributed by atoms with Gasteiger partial charge in [-0.05, 0) is 42.8 Å². The zero-order valence-corrected chi connectivity index (χ0v) is 13.1. The minimum Gasteiger partial charge on any atom is -0.279 e. The first-order chi connectivity index (χ1) is 8.88. The number of hydrogen-bond donors (Lipinski definition) is 1. The molecule has 0 saturated heterocycles. The average Bonchev–Trinajstić information content (AvgIpc) is 2.26. The Morgan fingerprint density at radius 1 is 1.32 bits per heavy atom. The van der Waals surface area contributed by atoms with Gasteiger partial charge in [0.2, 0.25) is 0 Å².